The van der Waals surface area contributed by atoms with Gasteiger partial charge >= 0.3 is 0 Å². The molecule has 23 nitrogen and oxygen atoms in total. The molecule has 562 valence electrons. The summed E-state index contributed by atoms with van der Waals surface area (Å²) in [6.45, 7) is 7.18. The summed E-state index contributed by atoms with van der Waals surface area (Å²) in [4.78, 5) is 76.1. The summed E-state index contributed by atoms with van der Waals surface area (Å²) in [7, 11) is 3.61. The van der Waals surface area contributed by atoms with E-state index in [1.165, 1.54) is 44.1 Å². The minimum absolute atomic E-state index is 0.0310. The molecule has 11 rings (SSSR count). The summed E-state index contributed by atoms with van der Waals surface area (Å²) in [5, 5.41) is 67.3. The summed E-state index contributed by atoms with van der Waals surface area (Å²) in [6.07, 6.45) is 21.7. The van der Waals surface area contributed by atoms with Crippen molar-refractivity contribution in [3.05, 3.63) is 167 Å². The molecular weight excluding hydrogens is 1310 g/mol. The average molecular weight is 1430 g/mol. The van der Waals surface area contributed by atoms with Crippen LogP contribution in [0.15, 0.2) is 134 Å². The summed E-state index contributed by atoms with van der Waals surface area (Å²) in [6, 6.07) is 35.4. The van der Waals surface area contributed by atoms with Crippen LogP contribution in [-0.2, 0) is 50.0 Å². The Kier molecular flexibility index (Phi) is 29.0. The second kappa shape index (κ2) is 39.0. The highest BCUT2D eigenvalue weighted by Gasteiger charge is 2.50. The minimum Gasteiger partial charge on any atom is -0.377 e. The van der Waals surface area contributed by atoms with Gasteiger partial charge in [0.15, 0.2) is 0 Å². The Morgan fingerprint density at radius 3 is 1.51 bits per heavy atom. The molecule has 0 bridgehead atoms. The lowest BCUT2D eigenvalue weighted by Crippen LogP contribution is -2.60. The van der Waals surface area contributed by atoms with Crippen molar-refractivity contribution in [1.29, 1.82) is 0 Å². The van der Waals surface area contributed by atoms with Crippen LogP contribution in [0.5, 0.6) is 0 Å². The number of hydrogen-bond acceptors (Lipinski definition) is 16. The molecule has 4 saturated heterocycles. The largest absolute Gasteiger partial charge is 0.377 e. The van der Waals surface area contributed by atoms with Crippen molar-refractivity contribution >= 4 is 29.5 Å². The normalized spacial score (nSPS) is 24.2. The van der Waals surface area contributed by atoms with Crippen LogP contribution < -0.4 is 42.5 Å². The average Bonchev–Trinajstić information content (AvgIpc) is 1.64. The van der Waals surface area contributed by atoms with E-state index in [9.17, 15) is 34.2 Å². The van der Waals surface area contributed by atoms with Crippen LogP contribution in [0.1, 0.15) is 201 Å². The van der Waals surface area contributed by atoms with Crippen molar-refractivity contribution in [2.45, 2.75) is 254 Å². The van der Waals surface area contributed by atoms with Gasteiger partial charge in [0.2, 0.25) is 29.5 Å². The van der Waals surface area contributed by atoms with E-state index in [0.717, 1.165) is 112 Å². The lowest BCUT2D eigenvalue weighted by Gasteiger charge is -2.35. The molecule has 2 unspecified atom stereocenters. The molecule has 2 aromatic heterocycles. The number of carbonyl (C=O) groups is 5. The van der Waals surface area contributed by atoms with Crippen LogP contribution in [0.2, 0.25) is 0 Å². The Hall–Kier alpha value is -7.77. The molecule has 6 heterocycles. The van der Waals surface area contributed by atoms with Crippen molar-refractivity contribution in [2.24, 2.45) is 23.7 Å². The van der Waals surface area contributed by atoms with E-state index < -0.39 is 48.7 Å². The number of hydrogen-bond donors (Lipinski definition) is 10. The third kappa shape index (κ3) is 20.6. The summed E-state index contributed by atoms with van der Waals surface area (Å²) in [5.74, 6) is 0.195. The monoisotopic (exact) mass is 1420 g/mol. The summed E-state index contributed by atoms with van der Waals surface area (Å²) < 4.78 is 3.80. The van der Waals surface area contributed by atoms with Gasteiger partial charge in [0, 0.05) is 75.3 Å². The van der Waals surface area contributed by atoms with Crippen LogP contribution in [0.3, 0.4) is 0 Å². The Labute approximate surface area is 615 Å². The van der Waals surface area contributed by atoms with E-state index in [1.807, 2.05) is 157 Å². The molecule has 5 aliphatic rings. The highest BCUT2D eigenvalue weighted by molar-refractivity contribution is 5.92. The number of aliphatic hydroxyl groups is 2. The number of aromatic nitrogens is 6. The number of nitrogens with zero attached hydrogens (tertiary/aromatic N) is 8. The highest BCUT2D eigenvalue weighted by Crippen LogP contribution is 2.39. The first kappa shape index (κ1) is 77.3. The molecule has 104 heavy (non-hydrogen) atoms. The fraction of sp³-hybridized carbons (Fsp3) is 0.593. The van der Waals surface area contributed by atoms with Gasteiger partial charge in [-0.15, -0.1) is 10.2 Å². The molecule has 23 heteroatoms. The van der Waals surface area contributed by atoms with Crippen molar-refractivity contribution in [1.82, 2.24) is 82.3 Å². The van der Waals surface area contributed by atoms with Gasteiger partial charge in [-0.1, -0.05) is 197 Å². The number of fused-ring (bicyclic) bond motifs is 2. The van der Waals surface area contributed by atoms with E-state index in [2.05, 4.69) is 75.3 Å². The Morgan fingerprint density at radius 2 is 0.990 bits per heavy atom. The van der Waals surface area contributed by atoms with Gasteiger partial charge in [-0.05, 0) is 144 Å². The Balaban J connectivity index is 0.591. The van der Waals surface area contributed by atoms with Crippen LogP contribution in [0.25, 0.3) is 0 Å². The first-order chi connectivity index (χ1) is 50.8. The first-order valence-electron chi connectivity index (χ1n) is 39.2. The topological polar surface area (TPSA) is 290 Å². The van der Waals surface area contributed by atoms with Crippen LogP contribution in [-0.4, -0.2) is 168 Å². The molecule has 6 aromatic rings. The molecule has 1 saturated carbocycles. The molecule has 1 aliphatic carbocycles. The van der Waals surface area contributed by atoms with Gasteiger partial charge < -0.3 is 51.9 Å². The molecule has 5 amide bonds. The lowest BCUT2D eigenvalue weighted by molar-refractivity contribution is -0.143. The van der Waals surface area contributed by atoms with E-state index in [-0.39, 0.29) is 78.5 Å². The number of carbonyl (C=O) groups excluding carboxylic acids is 5. The van der Waals surface area contributed by atoms with Gasteiger partial charge in [-0.25, -0.2) is 0 Å². The number of amides is 5. The van der Waals surface area contributed by atoms with Crippen LogP contribution in [0, 0.1) is 23.7 Å². The fourth-order valence-corrected chi connectivity index (χ4v) is 17.2. The second-order valence-electron chi connectivity index (χ2n) is 30.1. The van der Waals surface area contributed by atoms with Gasteiger partial charge in [0.25, 0.3) is 0 Å². The zero-order valence-electron chi connectivity index (χ0n) is 61.8. The number of likely N-dealkylation sites (N-methyl/N-ethyl adjacent to an activating group) is 2. The summed E-state index contributed by atoms with van der Waals surface area (Å²) >= 11 is 0. The molecule has 4 aromatic carbocycles. The minimum atomic E-state index is -1.04. The molecular formula is C81H116N16O7. The van der Waals surface area contributed by atoms with Crippen molar-refractivity contribution in [3.8, 4) is 0 Å². The second-order valence-corrected chi connectivity index (χ2v) is 30.1. The third-order valence-electron chi connectivity index (χ3n) is 23.3. The molecule has 0 radical (unpaired) electrons. The lowest BCUT2D eigenvalue weighted by atomic mass is 9.78. The Morgan fingerprint density at radius 1 is 0.529 bits per heavy atom. The van der Waals surface area contributed by atoms with Crippen molar-refractivity contribution in [3.63, 3.8) is 0 Å². The van der Waals surface area contributed by atoms with Gasteiger partial charge in [-0.3, -0.25) is 44.0 Å². The van der Waals surface area contributed by atoms with Crippen molar-refractivity contribution < 1.29 is 34.2 Å². The number of aliphatic hydroxyl groups excluding tert-OH is 2. The number of nitrogens with one attached hydrogen (secondary N) is 8. The van der Waals surface area contributed by atoms with Crippen LogP contribution >= 0.6 is 0 Å². The predicted octanol–water partition coefficient (Wildman–Crippen LogP) is 8.15. The fourth-order valence-electron chi connectivity index (χ4n) is 17.2. The predicted molar refractivity (Wildman–Crippen MR) is 401 cm³/mol. The highest BCUT2D eigenvalue weighted by atomic mass is 16.3. The zero-order chi connectivity index (χ0) is 72.7. The van der Waals surface area contributed by atoms with E-state index >= 15 is 0 Å². The molecule has 0 spiro atoms. The van der Waals surface area contributed by atoms with Crippen LogP contribution in [0.4, 0.5) is 0 Å². The van der Waals surface area contributed by atoms with E-state index in [0.29, 0.717) is 57.1 Å². The zero-order valence-corrected chi connectivity index (χ0v) is 61.8. The molecule has 4 aliphatic heterocycles. The maximum absolute atomic E-state index is 15.0. The summed E-state index contributed by atoms with van der Waals surface area (Å²) in [5.41, 5.74) is 5.40. The van der Waals surface area contributed by atoms with Gasteiger partial charge in [-0.2, -0.15) is 0 Å². The third-order valence-corrected chi connectivity index (χ3v) is 23.3. The smallest absolute Gasteiger partial charge is 0.243 e. The van der Waals surface area contributed by atoms with E-state index in [4.69, 9.17) is 0 Å². The quantitative estimate of drug-likeness (QED) is 0.0129. The van der Waals surface area contributed by atoms with Gasteiger partial charge in [0.1, 0.15) is 30.2 Å². The SMILES string of the molecule is CC[C@H](NC)C(O)N[C@@H]1C(=O)N2[C@@H](CC[C@@H]1CNC(=O)CCc1cn(CCCCC3CCC(CCCCn4cc([C@@H](NC(=O)[C@@H]5CC[C@@H]6CC[C@H](CCNCc7ccccc7)[C@H](NC(O)[C@H](CC)NC)C(=O)N65)c5ccccc5)nn4)CC3)nn1)CC[C@H]2C(=O)NC(c1ccccc1)c1ccccc1. The first-order valence-corrected chi connectivity index (χ1v) is 39.2. The number of aryl methyl sites for hydroxylation is 3. The number of benzene rings is 4. The number of unbranched alkanes of at least 4 members (excludes halogenated alkanes) is 2. The standard InChI is InChI=1S/C81H116N16O7/c1-5-66(82-3)76(99)88-74-61(47-48-84-51-57-25-11-7-12-26-57)37-40-64-42-45-70(96(64)80(74)103)79(102)87-73(60-31-17-10-18-32-60)68-54-95(93-91-68)50-22-20-24-56-35-33-55(34-36-56)23-19-21-49-94-53-63(90-92-94)39-46-71(98)85-52-62-38-41-65-43-44-69(97(65)81(104)75(62)89-77(100)67(6-2)83-4)78(101)86-72(58-27-13-8-14-28-58)59-29-15-9-16-30-59/h7-18,25-32,53-56,61-62,64-67,69-70,72-77,82-84,88-89,99-100H,5-6,19-24,33-52H2,1-4H3,(H,85,98)(H,86,101)(H,87,102)/t55?,56?,61-,62-,64+,65+,66+,67+,69+,70+,73+,74+,75+,76?,77?/m1/s1. The maximum Gasteiger partial charge on any atom is 0.243 e. The molecule has 5 fully saturated rings. The molecule has 10 N–H and O–H groups in total. The van der Waals surface area contributed by atoms with Gasteiger partial charge in [0.05, 0.1) is 36.1 Å². The van der Waals surface area contributed by atoms with E-state index in [1.54, 1.807) is 11.9 Å². The maximum atomic E-state index is 15.0. The number of rotatable bonds is 38. The Bertz CT molecular complexity index is 3550. The molecule has 13 atom stereocenters. The van der Waals surface area contributed by atoms with Crippen molar-refractivity contribution in [2.75, 3.05) is 27.2 Å².